The molecule has 0 aromatic heterocycles. The van der Waals surface area contributed by atoms with Crippen LogP contribution < -0.4 is 10.5 Å². The zero-order valence-electron chi connectivity index (χ0n) is 10.2. The molecule has 0 amide bonds. The van der Waals surface area contributed by atoms with Gasteiger partial charge in [-0.2, -0.15) is 0 Å². The van der Waals surface area contributed by atoms with Gasteiger partial charge in [0, 0.05) is 10.0 Å². The Morgan fingerprint density at radius 2 is 1.63 bits per heavy atom. The van der Waals surface area contributed by atoms with Gasteiger partial charge >= 0.3 is 0 Å². The molecule has 19 heavy (non-hydrogen) atoms. The second-order valence-corrected chi connectivity index (χ2v) is 4.88. The monoisotopic (exact) mass is 327 g/mol. The van der Waals surface area contributed by atoms with Crippen LogP contribution in [0.3, 0.4) is 0 Å². The molecule has 2 aromatic carbocycles. The zero-order chi connectivity index (χ0) is 14.0. The predicted molar refractivity (Wildman–Crippen MR) is 73.1 cm³/mol. The van der Waals surface area contributed by atoms with Gasteiger partial charge in [0.15, 0.2) is 0 Å². The van der Waals surface area contributed by atoms with E-state index >= 15 is 0 Å². The SMILES string of the molecule is COc1ccc(F)cc1C(N)c1cc(F)ccc1Br. The van der Waals surface area contributed by atoms with Gasteiger partial charge in [-0.05, 0) is 42.0 Å². The van der Waals surface area contributed by atoms with Crippen LogP contribution in [0, 0.1) is 11.6 Å². The van der Waals surface area contributed by atoms with Crippen molar-refractivity contribution in [3.8, 4) is 5.75 Å². The van der Waals surface area contributed by atoms with Crippen LogP contribution in [0.4, 0.5) is 8.78 Å². The molecule has 0 fully saturated rings. The topological polar surface area (TPSA) is 35.2 Å². The highest BCUT2D eigenvalue weighted by Crippen LogP contribution is 2.32. The van der Waals surface area contributed by atoms with Gasteiger partial charge in [0.1, 0.15) is 17.4 Å². The fourth-order valence-electron chi connectivity index (χ4n) is 1.87. The maximum atomic E-state index is 13.3. The second-order valence-electron chi connectivity index (χ2n) is 4.03. The lowest BCUT2D eigenvalue weighted by molar-refractivity contribution is 0.406. The highest BCUT2D eigenvalue weighted by Gasteiger charge is 2.18. The van der Waals surface area contributed by atoms with Crippen LogP contribution >= 0.6 is 15.9 Å². The Labute approximate surface area is 118 Å². The Morgan fingerprint density at radius 1 is 1.05 bits per heavy atom. The van der Waals surface area contributed by atoms with Crippen molar-refractivity contribution in [1.29, 1.82) is 0 Å². The summed E-state index contributed by atoms with van der Waals surface area (Å²) in [6, 6.07) is 7.60. The van der Waals surface area contributed by atoms with E-state index in [1.54, 1.807) is 6.07 Å². The predicted octanol–water partition coefficient (Wildman–Crippen LogP) is 3.78. The molecule has 0 radical (unpaired) electrons. The first kappa shape index (κ1) is 14.0. The summed E-state index contributed by atoms with van der Waals surface area (Å²) in [5.41, 5.74) is 7.09. The molecule has 0 spiro atoms. The number of nitrogens with two attached hydrogens (primary N) is 1. The summed E-state index contributed by atoms with van der Waals surface area (Å²) in [5.74, 6) is -0.354. The highest BCUT2D eigenvalue weighted by molar-refractivity contribution is 9.10. The Kier molecular flexibility index (Phi) is 4.17. The van der Waals surface area contributed by atoms with E-state index in [1.165, 1.54) is 37.4 Å². The number of methoxy groups -OCH3 is 1. The van der Waals surface area contributed by atoms with E-state index in [2.05, 4.69) is 15.9 Å². The van der Waals surface area contributed by atoms with Gasteiger partial charge in [0.05, 0.1) is 13.2 Å². The number of hydrogen-bond donors (Lipinski definition) is 1. The van der Waals surface area contributed by atoms with Crippen LogP contribution in [0.1, 0.15) is 17.2 Å². The average Bonchev–Trinajstić information content (AvgIpc) is 2.40. The van der Waals surface area contributed by atoms with Gasteiger partial charge < -0.3 is 10.5 Å². The molecule has 0 aliphatic carbocycles. The molecule has 100 valence electrons. The number of rotatable bonds is 3. The standard InChI is InChI=1S/C14H12BrF2NO/c1-19-13-5-3-9(17)7-11(13)14(18)10-6-8(16)2-4-12(10)15/h2-7,14H,18H2,1H3. The molecular formula is C14H12BrF2NO. The lowest BCUT2D eigenvalue weighted by Gasteiger charge is -2.17. The molecule has 0 aliphatic heterocycles. The molecule has 1 atom stereocenters. The van der Waals surface area contributed by atoms with Gasteiger partial charge in [-0.25, -0.2) is 8.78 Å². The van der Waals surface area contributed by atoms with Crippen molar-refractivity contribution in [2.45, 2.75) is 6.04 Å². The zero-order valence-corrected chi connectivity index (χ0v) is 11.7. The van der Waals surface area contributed by atoms with Crippen molar-refractivity contribution in [3.05, 3.63) is 63.6 Å². The Bertz CT molecular complexity index is 604. The van der Waals surface area contributed by atoms with Crippen molar-refractivity contribution in [1.82, 2.24) is 0 Å². The Morgan fingerprint density at radius 3 is 2.26 bits per heavy atom. The van der Waals surface area contributed by atoms with Crippen molar-refractivity contribution < 1.29 is 13.5 Å². The third-order valence-electron chi connectivity index (χ3n) is 2.82. The highest BCUT2D eigenvalue weighted by atomic mass is 79.9. The lowest BCUT2D eigenvalue weighted by atomic mass is 9.98. The van der Waals surface area contributed by atoms with Gasteiger partial charge in [-0.1, -0.05) is 15.9 Å². The first-order valence-electron chi connectivity index (χ1n) is 5.57. The third-order valence-corrected chi connectivity index (χ3v) is 3.54. The summed E-state index contributed by atoms with van der Waals surface area (Å²) in [6.45, 7) is 0. The molecule has 2 N–H and O–H groups in total. The van der Waals surface area contributed by atoms with Crippen LogP contribution in [0.15, 0.2) is 40.9 Å². The maximum Gasteiger partial charge on any atom is 0.124 e. The summed E-state index contributed by atoms with van der Waals surface area (Å²) < 4.78 is 32.5. The molecule has 2 nitrogen and oxygen atoms in total. The normalized spacial score (nSPS) is 12.3. The first-order chi connectivity index (χ1) is 9.02. The summed E-state index contributed by atoms with van der Waals surface area (Å²) in [7, 11) is 1.48. The van der Waals surface area contributed by atoms with E-state index in [4.69, 9.17) is 10.5 Å². The van der Waals surface area contributed by atoms with Crippen LogP contribution in [0.25, 0.3) is 0 Å². The number of ether oxygens (including phenoxy) is 1. The van der Waals surface area contributed by atoms with Gasteiger partial charge in [-0.15, -0.1) is 0 Å². The maximum absolute atomic E-state index is 13.3. The minimum atomic E-state index is -0.685. The summed E-state index contributed by atoms with van der Waals surface area (Å²) in [4.78, 5) is 0. The molecule has 0 bridgehead atoms. The summed E-state index contributed by atoms with van der Waals surface area (Å²) in [6.07, 6.45) is 0. The summed E-state index contributed by atoms with van der Waals surface area (Å²) >= 11 is 3.31. The van der Waals surface area contributed by atoms with Crippen molar-refractivity contribution >= 4 is 15.9 Å². The molecule has 0 saturated carbocycles. The molecule has 0 heterocycles. The molecule has 2 aromatic rings. The van der Waals surface area contributed by atoms with Crippen molar-refractivity contribution in [2.75, 3.05) is 7.11 Å². The average molecular weight is 328 g/mol. The fourth-order valence-corrected chi connectivity index (χ4v) is 2.36. The quantitative estimate of drug-likeness (QED) is 0.931. The number of halogens is 3. The van der Waals surface area contributed by atoms with Crippen LogP contribution in [-0.2, 0) is 0 Å². The number of hydrogen-bond acceptors (Lipinski definition) is 2. The molecule has 1 unspecified atom stereocenters. The van der Waals surface area contributed by atoms with E-state index < -0.39 is 17.7 Å². The smallest absolute Gasteiger partial charge is 0.124 e. The van der Waals surface area contributed by atoms with E-state index in [0.717, 1.165) is 0 Å². The Hall–Kier alpha value is -1.46. The molecule has 2 rings (SSSR count). The van der Waals surface area contributed by atoms with E-state index in [0.29, 0.717) is 21.3 Å². The molecule has 0 saturated heterocycles. The van der Waals surface area contributed by atoms with Crippen LogP contribution in [-0.4, -0.2) is 7.11 Å². The second kappa shape index (κ2) is 5.67. The van der Waals surface area contributed by atoms with Crippen LogP contribution in [0.2, 0.25) is 0 Å². The molecule has 5 heteroatoms. The van der Waals surface area contributed by atoms with Gasteiger partial charge in [-0.3, -0.25) is 0 Å². The van der Waals surface area contributed by atoms with Crippen molar-refractivity contribution in [2.24, 2.45) is 5.73 Å². The minimum absolute atomic E-state index is 0.399. The Balaban J connectivity index is 2.51. The minimum Gasteiger partial charge on any atom is -0.496 e. The van der Waals surface area contributed by atoms with Crippen LogP contribution in [0.5, 0.6) is 5.75 Å². The molecular weight excluding hydrogens is 316 g/mol. The van der Waals surface area contributed by atoms with E-state index in [9.17, 15) is 8.78 Å². The first-order valence-corrected chi connectivity index (χ1v) is 6.36. The third kappa shape index (κ3) is 2.93. The van der Waals surface area contributed by atoms with Crippen molar-refractivity contribution in [3.63, 3.8) is 0 Å². The largest absolute Gasteiger partial charge is 0.496 e. The van der Waals surface area contributed by atoms with Gasteiger partial charge in [0.2, 0.25) is 0 Å². The van der Waals surface area contributed by atoms with E-state index in [-0.39, 0.29) is 0 Å². The fraction of sp³-hybridized carbons (Fsp3) is 0.143. The number of benzene rings is 2. The lowest BCUT2D eigenvalue weighted by Crippen LogP contribution is -2.14. The summed E-state index contributed by atoms with van der Waals surface area (Å²) in [5, 5.41) is 0. The molecule has 0 aliphatic rings. The van der Waals surface area contributed by atoms with Gasteiger partial charge in [0.25, 0.3) is 0 Å². The van der Waals surface area contributed by atoms with E-state index in [1.807, 2.05) is 0 Å².